The molecule has 2 heterocycles. The molecule has 2 aromatic rings. The highest BCUT2D eigenvalue weighted by Crippen LogP contribution is 2.24. The molecule has 0 aliphatic rings. The number of rotatable bonds is 2. The molecule has 0 amide bonds. The normalized spacial score (nSPS) is 10.4. The van der Waals surface area contributed by atoms with Crippen molar-refractivity contribution in [1.29, 1.82) is 0 Å². The molecule has 7 heteroatoms. The van der Waals surface area contributed by atoms with Gasteiger partial charge in [-0.05, 0) is 19.1 Å². The van der Waals surface area contributed by atoms with Crippen LogP contribution in [0.4, 0.5) is 10.2 Å². The van der Waals surface area contributed by atoms with E-state index in [2.05, 4.69) is 20.4 Å². The van der Waals surface area contributed by atoms with E-state index in [9.17, 15) is 4.39 Å². The van der Waals surface area contributed by atoms with Crippen LogP contribution in [-0.4, -0.2) is 15.0 Å². The summed E-state index contributed by atoms with van der Waals surface area (Å²) >= 11 is 5.96. The number of nitrogens with zero attached hydrogens (tertiary/aromatic N) is 3. The first-order valence-electron chi connectivity index (χ1n) is 4.75. The zero-order chi connectivity index (χ0) is 12.4. The molecule has 3 N–H and O–H groups in total. The van der Waals surface area contributed by atoms with E-state index in [4.69, 9.17) is 17.4 Å². The van der Waals surface area contributed by atoms with Crippen molar-refractivity contribution >= 4 is 17.4 Å². The number of nitrogens with one attached hydrogen (secondary N) is 1. The van der Waals surface area contributed by atoms with Gasteiger partial charge in [0, 0.05) is 6.20 Å². The summed E-state index contributed by atoms with van der Waals surface area (Å²) in [5.41, 5.74) is 2.72. The van der Waals surface area contributed by atoms with Crippen LogP contribution in [0, 0.1) is 12.7 Å². The Balaban J connectivity index is 2.61. The number of pyridine rings is 1. The molecule has 0 atom stereocenters. The van der Waals surface area contributed by atoms with E-state index in [-0.39, 0.29) is 17.3 Å². The van der Waals surface area contributed by atoms with E-state index in [0.717, 1.165) is 0 Å². The molecule has 0 radical (unpaired) electrons. The second kappa shape index (κ2) is 4.60. The minimum absolute atomic E-state index is 0.0887. The molecule has 2 rings (SSSR count). The fraction of sp³-hybridized carbons (Fsp3) is 0.100. The molecule has 5 nitrogen and oxygen atoms in total. The monoisotopic (exact) mass is 253 g/mol. The van der Waals surface area contributed by atoms with Gasteiger partial charge in [-0.2, -0.15) is 0 Å². The summed E-state index contributed by atoms with van der Waals surface area (Å²) in [5, 5.41) is 0.390. The molecule has 0 bridgehead atoms. The van der Waals surface area contributed by atoms with Crippen LogP contribution < -0.4 is 11.3 Å². The number of hydrogen-bond acceptors (Lipinski definition) is 5. The van der Waals surface area contributed by atoms with Crippen LogP contribution in [0.1, 0.15) is 5.69 Å². The van der Waals surface area contributed by atoms with E-state index >= 15 is 0 Å². The Hall–Kier alpha value is -1.79. The van der Waals surface area contributed by atoms with E-state index in [0.29, 0.717) is 10.7 Å². The first-order chi connectivity index (χ1) is 8.13. The van der Waals surface area contributed by atoms with Crippen LogP contribution in [0.15, 0.2) is 18.3 Å². The molecule has 88 valence electrons. The molecule has 17 heavy (non-hydrogen) atoms. The number of hydrazine groups is 1. The van der Waals surface area contributed by atoms with Gasteiger partial charge in [-0.15, -0.1) is 0 Å². The fourth-order valence-corrected chi connectivity index (χ4v) is 1.52. The molecule has 0 unspecified atom stereocenters. The van der Waals surface area contributed by atoms with E-state index in [1.807, 2.05) is 0 Å². The molecule has 0 aliphatic carbocycles. The Morgan fingerprint density at radius 2 is 2.18 bits per heavy atom. The smallest absolute Gasteiger partial charge is 0.187 e. The van der Waals surface area contributed by atoms with Crippen LogP contribution in [0.2, 0.25) is 5.02 Å². The lowest BCUT2D eigenvalue weighted by Crippen LogP contribution is -2.13. The highest BCUT2D eigenvalue weighted by molar-refractivity contribution is 6.32. The summed E-state index contributed by atoms with van der Waals surface area (Å²) in [7, 11) is 0. The van der Waals surface area contributed by atoms with Crippen molar-refractivity contribution in [2.75, 3.05) is 5.43 Å². The topological polar surface area (TPSA) is 76.7 Å². The third-order valence-electron chi connectivity index (χ3n) is 2.12. The van der Waals surface area contributed by atoms with Gasteiger partial charge in [0.1, 0.15) is 5.69 Å². The highest BCUT2D eigenvalue weighted by Gasteiger charge is 2.14. The van der Waals surface area contributed by atoms with Crippen LogP contribution >= 0.6 is 11.6 Å². The lowest BCUT2D eigenvalue weighted by atomic mass is 10.3. The van der Waals surface area contributed by atoms with Crippen molar-refractivity contribution in [1.82, 2.24) is 15.0 Å². The lowest BCUT2D eigenvalue weighted by Gasteiger charge is -2.07. The van der Waals surface area contributed by atoms with Crippen LogP contribution in [0.3, 0.4) is 0 Å². The molecule has 0 saturated heterocycles. The fourth-order valence-electron chi connectivity index (χ4n) is 1.31. The van der Waals surface area contributed by atoms with Crippen molar-refractivity contribution in [3.63, 3.8) is 0 Å². The first kappa shape index (κ1) is 11.7. The second-order valence-electron chi connectivity index (χ2n) is 3.27. The summed E-state index contributed by atoms with van der Waals surface area (Å²) < 4.78 is 13.5. The zero-order valence-corrected chi connectivity index (χ0v) is 9.66. The minimum Gasteiger partial charge on any atom is -0.306 e. The van der Waals surface area contributed by atoms with Crippen molar-refractivity contribution in [3.05, 3.63) is 34.9 Å². The molecule has 2 aromatic heterocycles. The number of anilines is 1. The van der Waals surface area contributed by atoms with Crippen LogP contribution in [-0.2, 0) is 0 Å². The zero-order valence-electron chi connectivity index (χ0n) is 8.91. The Morgan fingerprint density at radius 3 is 2.82 bits per heavy atom. The van der Waals surface area contributed by atoms with Crippen LogP contribution in [0.5, 0.6) is 0 Å². The second-order valence-corrected chi connectivity index (χ2v) is 3.68. The predicted octanol–water partition coefficient (Wildman–Crippen LogP) is 1.93. The molecular weight excluding hydrogens is 245 g/mol. The average Bonchev–Trinajstić information content (AvgIpc) is 2.33. The summed E-state index contributed by atoms with van der Waals surface area (Å²) in [6.07, 6.45) is 1.55. The Kier molecular flexibility index (Phi) is 3.16. The first-order valence-corrected chi connectivity index (χ1v) is 5.13. The summed E-state index contributed by atoms with van der Waals surface area (Å²) in [5.74, 6) is 4.71. The molecule has 0 aliphatic heterocycles. The molecule has 0 fully saturated rings. The highest BCUT2D eigenvalue weighted by atomic mass is 35.5. The van der Waals surface area contributed by atoms with Gasteiger partial charge in [-0.3, -0.25) is 4.98 Å². The maximum Gasteiger partial charge on any atom is 0.187 e. The van der Waals surface area contributed by atoms with Gasteiger partial charge in [0.25, 0.3) is 0 Å². The van der Waals surface area contributed by atoms with Crippen LogP contribution in [0.25, 0.3) is 11.5 Å². The maximum absolute atomic E-state index is 13.5. The van der Waals surface area contributed by atoms with Gasteiger partial charge in [0.2, 0.25) is 0 Å². The van der Waals surface area contributed by atoms with Crippen molar-refractivity contribution in [3.8, 4) is 11.5 Å². The average molecular weight is 254 g/mol. The Bertz CT molecular complexity index is 560. The summed E-state index contributed by atoms with van der Waals surface area (Å²) in [6.45, 7) is 1.51. The van der Waals surface area contributed by atoms with E-state index < -0.39 is 5.82 Å². The van der Waals surface area contributed by atoms with Gasteiger partial charge < -0.3 is 5.43 Å². The Morgan fingerprint density at radius 1 is 1.41 bits per heavy atom. The minimum atomic E-state index is -0.594. The molecule has 0 saturated carbocycles. The number of hydrogen-bond donors (Lipinski definition) is 2. The third-order valence-corrected chi connectivity index (χ3v) is 2.43. The van der Waals surface area contributed by atoms with Gasteiger partial charge in [-0.25, -0.2) is 20.2 Å². The number of nitrogens with two attached hydrogens (primary N) is 1. The van der Waals surface area contributed by atoms with Gasteiger partial charge >= 0.3 is 0 Å². The summed E-state index contributed by atoms with van der Waals surface area (Å²) in [6, 6.07) is 3.34. The Labute approximate surface area is 102 Å². The van der Waals surface area contributed by atoms with Crippen molar-refractivity contribution in [2.24, 2.45) is 5.84 Å². The number of halogens is 2. The lowest BCUT2D eigenvalue weighted by molar-refractivity contribution is 0.606. The molecule has 0 aromatic carbocycles. The standard InChI is InChI=1S/C10H9ClFN5/c1-5-7(12)9(17-13)16-10(15-5)8-6(11)3-2-4-14-8/h2-4H,13H2,1H3,(H,15,16,17). The van der Waals surface area contributed by atoms with Gasteiger partial charge in [-0.1, -0.05) is 11.6 Å². The van der Waals surface area contributed by atoms with E-state index in [1.54, 1.807) is 18.3 Å². The van der Waals surface area contributed by atoms with Gasteiger partial charge in [0.05, 0.1) is 10.7 Å². The molecular formula is C10H9ClFN5. The largest absolute Gasteiger partial charge is 0.306 e. The van der Waals surface area contributed by atoms with E-state index in [1.165, 1.54) is 6.92 Å². The van der Waals surface area contributed by atoms with Crippen molar-refractivity contribution in [2.45, 2.75) is 6.92 Å². The number of aromatic nitrogens is 3. The maximum atomic E-state index is 13.5. The predicted molar refractivity (Wildman–Crippen MR) is 62.8 cm³/mol. The summed E-state index contributed by atoms with van der Waals surface area (Å²) in [4.78, 5) is 11.9. The van der Waals surface area contributed by atoms with Crippen molar-refractivity contribution < 1.29 is 4.39 Å². The van der Waals surface area contributed by atoms with Gasteiger partial charge in [0.15, 0.2) is 17.5 Å². The molecule has 0 spiro atoms. The number of nitrogen functional groups attached to an aromatic ring is 1. The SMILES string of the molecule is Cc1nc(-c2ncccc2Cl)nc(NN)c1F. The number of aryl methyl sites for hydroxylation is 1. The quantitative estimate of drug-likeness (QED) is 0.632. The third kappa shape index (κ3) is 2.17.